The van der Waals surface area contributed by atoms with Gasteiger partial charge in [-0.05, 0) is 24.1 Å². The fourth-order valence-corrected chi connectivity index (χ4v) is 1.64. The molecule has 0 amide bonds. The van der Waals surface area contributed by atoms with Crippen molar-refractivity contribution in [2.24, 2.45) is 0 Å². The summed E-state index contributed by atoms with van der Waals surface area (Å²) in [5, 5.41) is 3.80. The van der Waals surface area contributed by atoms with Gasteiger partial charge in [0.05, 0.1) is 7.11 Å². The number of nitrogens with zero attached hydrogens (tertiary/aromatic N) is 3. The highest BCUT2D eigenvalue weighted by atomic mass is 35.5. The van der Waals surface area contributed by atoms with E-state index in [2.05, 4.69) is 20.3 Å². The number of anilines is 2. The largest absolute Gasteiger partial charge is 0.467 e. The highest BCUT2D eigenvalue weighted by Gasteiger charge is 2.03. The summed E-state index contributed by atoms with van der Waals surface area (Å²) in [5.74, 6) is 0.527. The SMILES string of the molecule is COc1nc(N)nc(NCCc2ccc(Cl)cc2)n1. The minimum absolute atomic E-state index is 0.126. The molecule has 1 aromatic carbocycles. The molecule has 0 fully saturated rings. The monoisotopic (exact) mass is 279 g/mol. The first-order chi connectivity index (χ1) is 9.17. The molecule has 0 unspecified atom stereocenters. The molecule has 2 rings (SSSR count). The number of hydrogen-bond donors (Lipinski definition) is 2. The van der Waals surface area contributed by atoms with Gasteiger partial charge in [0.15, 0.2) is 0 Å². The second kappa shape index (κ2) is 6.19. The lowest BCUT2D eigenvalue weighted by molar-refractivity contribution is 0.379. The van der Waals surface area contributed by atoms with Crippen LogP contribution in [0.2, 0.25) is 5.02 Å². The topological polar surface area (TPSA) is 86.0 Å². The van der Waals surface area contributed by atoms with Crippen molar-refractivity contribution in [1.29, 1.82) is 0 Å². The molecule has 0 aliphatic rings. The van der Waals surface area contributed by atoms with Crippen molar-refractivity contribution in [2.75, 3.05) is 24.7 Å². The maximum absolute atomic E-state index is 5.82. The fraction of sp³-hybridized carbons (Fsp3) is 0.250. The molecule has 1 aromatic heterocycles. The van der Waals surface area contributed by atoms with Gasteiger partial charge in [-0.1, -0.05) is 23.7 Å². The zero-order chi connectivity index (χ0) is 13.7. The van der Waals surface area contributed by atoms with Crippen LogP contribution in [0.3, 0.4) is 0 Å². The summed E-state index contributed by atoms with van der Waals surface area (Å²) < 4.78 is 4.92. The average Bonchev–Trinajstić information content (AvgIpc) is 2.40. The van der Waals surface area contributed by atoms with Gasteiger partial charge in [-0.3, -0.25) is 0 Å². The maximum Gasteiger partial charge on any atom is 0.322 e. The number of nitrogens with two attached hydrogens (primary N) is 1. The van der Waals surface area contributed by atoms with Gasteiger partial charge in [0.2, 0.25) is 11.9 Å². The molecule has 0 aliphatic heterocycles. The number of aromatic nitrogens is 3. The van der Waals surface area contributed by atoms with Crippen LogP contribution in [0.1, 0.15) is 5.56 Å². The summed E-state index contributed by atoms with van der Waals surface area (Å²) in [6, 6.07) is 7.88. The molecule has 0 bridgehead atoms. The van der Waals surface area contributed by atoms with E-state index in [1.807, 2.05) is 24.3 Å². The number of nitrogen functional groups attached to an aromatic ring is 1. The van der Waals surface area contributed by atoms with Gasteiger partial charge < -0.3 is 15.8 Å². The smallest absolute Gasteiger partial charge is 0.322 e. The van der Waals surface area contributed by atoms with E-state index in [0.717, 1.165) is 11.4 Å². The predicted octanol–water partition coefficient (Wildman–Crippen LogP) is 1.77. The Labute approximate surface area is 116 Å². The minimum atomic E-state index is 0.126. The van der Waals surface area contributed by atoms with Gasteiger partial charge in [-0.15, -0.1) is 0 Å². The number of benzene rings is 1. The third-order valence-electron chi connectivity index (χ3n) is 2.42. The van der Waals surface area contributed by atoms with Crippen LogP contribution in [0.4, 0.5) is 11.9 Å². The molecule has 0 saturated heterocycles. The Morgan fingerprint density at radius 1 is 1.21 bits per heavy atom. The zero-order valence-electron chi connectivity index (χ0n) is 10.4. The number of hydrogen-bond acceptors (Lipinski definition) is 6. The van der Waals surface area contributed by atoms with Crippen molar-refractivity contribution in [3.8, 4) is 6.01 Å². The molecule has 1 heterocycles. The van der Waals surface area contributed by atoms with E-state index in [9.17, 15) is 0 Å². The van der Waals surface area contributed by atoms with Crippen molar-refractivity contribution in [3.05, 3.63) is 34.9 Å². The predicted molar refractivity (Wildman–Crippen MR) is 74.4 cm³/mol. The maximum atomic E-state index is 5.82. The van der Waals surface area contributed by atoms with Crippen LogP contribution in [0, 0.1) is 0 Å². The molecule has 100 valence electrons. The second-order valence-corrected chi connectivity index (χ2v) is 4.24. The van der Waals surface area contributed by atoms with Gasteiger partial charge in [-0.25, -0.2) is 0 Å². The van der Waals surface area contributed by atoms with Crippen LogP contribution < -0.4 is 15.8 Å². The van der Waals surface area contributed by atoms with Crippen LogP contribution >= 0.6 is 11.6 Å². The minimum Gasteiger partial charge on any atom is -0.467 e. The third-order valence-corrected chi connectivity index (χ3v) is 2.68. The Hall–Kier alpha value is -2.08. The van der Waals surface area contributed by atoms with Gasteiger partial charge in [0.1, 0.15) is 0 Å². The molecular weight excluding hydrogens is 266 g/mol. The van der Waals surface area contributed by atoms with Gasteiger partial charge >= 0.3 is 6.01 Å². The van der Waals surface area contributed by atoms with Gasteiger partial charge in [-0.2, -0.15) is 15.0 Å². The third kappa shape index (κ3) is 3.96. The van der Waals surface area contributed by atoms with E-state index in [0.29, 0.717) is 12.5 Å². The highest BCUT2D eigenvalue weighted by Crippen LogP contribution is 2.11. The van der Waals surface area contributed by atoms with Crippen molar-refractivity contribution < 1.29 is 4.74 Å². The molecule has 6 nitrogen and oxygen atoms in total. The molecule has 3 N–H and O–H groups in total. The average molecular weight is 280 g/mol. The summed E-state index contributed by atoms with van der Waals surface area (Å²) in [5.41, 5.74) is 6.71. The quantitative estimate of drug-likeness (QED) is 0.867. The van der Waals surface area contributed by atoms with E-state index >= 15 is 0 Å². The van der Waals surface area contributed by atoms with Gasteiger partial charge in [0.25, 0.3) is 0 Å². The normalized spacial score (nSPS) is 10.2. The Bertz CT molecular complexity index is 546. The Balaban J connectivity index is 1.92. The van der Waals surface area contributed by atoms with E-state index in [-0.39, 0.29) is 12.0 Å². The van der Waals surface area contributed by atoms with E-state index in [4.69, 9.17) is 22.1 Å². The molecule has 0 saturated carbocycles. The van der Waals surface area contributed by atoms with Crippen molar-refractivity contribution in [1.82, 2.24) is 15.0 Å². The first-order valence-electron chi connectivity index (χ1n) is 5.71. The summed E-state index contributed by atoms with van der Waals surface area (Å²) in [7, 11) is 1.48. The lowest BCUT2D eigenvalue weighted by Crippen LogP contribution is -2.10. The van der Waals surface area contributed by atoms with E-state index in [1.165, 1.54) is 12.7 Å². The number of methoxy groups -OCH3 is 1. The molecular formula is C12H14ClN5O. The van der Waals surface area contributed by atoms with Crippen LogP contribution in [0.5, 0.6) is 6.01 Å². The van der Waals surface area contributed by atoms with E-state index < -0.39 is 0 Å². The summed E-state index contributed by atoms with van der Waals surface area (Å²) >= 11 is 5.82. The number of halogens is 1. The molecule has 0 atom stereocenters. The van der Waals surface area contributed by atoms with Crippen molar-refractivity contribution >= 4 is 23.5 Å². The van der Waals surface area contributed by atoms with Gasteiger partial charge in [0, 0.05) is 11.6 Å². The van der Waals surface area contributed by atoms with Crippen LogP contribution in [-0.4, -0.2) is 28.6 Å². The number of nitrogens with one attached hydrogen (secondary N) is 1. The summed E-state index contributed by atoms with van der Waals surface area (Å²) in [6.45, 7) is 0.675. The van der Waals surface area contributed by atoms with Crippen LogP contribution in [0.25, 0.3) is 0 Å². The zero-order valence-corrected chi connectivity index (χ0v) is 11.2. The van der Waals surface area contributed by atoms with Crippen molar-refractivity contribution in [2.45, 2.75) is 6.42 Å². The van der Waals surface area contributed by atoms with Crippen LogP contribution in [0.15, 0.2) is 24.3 Å². The molecule has 0 spiro atoms. The Morgan fingerprint density at radius 2 is 1.95 bits per heavy atom. The summed E-state index contributed by atoms with van der Waals surface area (Å²) in [6.07, 6.45) is 0.824. The second-order valence-electron chi connectivity index (χ2n) is 3.81. The number of rotatable bonds is 5. The van der Waals surface area contributed by atoms with Crippen LogP contribution in [-0.2, 0) is 6.42 Å². The highest BCUT2D eigenvalue weighted by molar-refractivity contribution is 6.30. The lowest BCUT2D eigenvalue weighted by Gasteiger charge is -2.06. The molecule has 19 heavy (non-hydrogen) atoms. The molecule has 2 aromatic rings. The first kappa shape index (κ1) is 13.4. The molecule has 0 aliphatic carbocycles. The summed E-state index contributed by atoms with van der Waals surface area (Å²) in [4.78, 5) is 11.8. The van der Waals surface area contributed by atoms with Crippen molar-refractivity contribution in [3.63, 3.8) is 0 Å². The lowest BCUT2D eigenvalue weighted by atomic mass is 10.1. The molecule has 0 radical (unpaired) electrons. The number of ether oxygens (including phenoxy) is 1. The Morgan fingerprint density at radius 3 is 2.63 bits per heavy atom. The van der Waals surface area contributed by atoms with E-state index in [1.54, 1.807) is 0 Å². The standard InChI is InChI=1S/C12H14ClN5O/c1-19-12-17-10(14)16-11(18-12)15-7-6-8-2-4-9(13)5-3-8/h2-5H,6-7H2,1H3,(H3,14,15,16,17,18). The molecule has 7 heteroatoms. The fourth-order valence-electron chi connectivity index (χ4n) is 1.51. The Kier molecular flexibility index (Phi) is 4.35. The first-order valence-corrected chi connectivity index (χ1v) is 6.09.